The highest BCUT2D eigenvalue weighted by atomic mass is 19.1. The summed E-state index contributed by atoms with van der Waals surface area (Å²) in [7, 11) is 0. The molecule has 2 N–H and O–H groups in total. The predicted octanol–water partition coefficient (Wildman–Crippen LogP) is 3.10. The number of hydrogen-bond donors (Lipinski definition) is 2. The molecule has 1 amide bonds. The number of nitrogens with one attached hydrogen (secondary N) is 2. The van der Waals surface area contributed by atoms with Gasteiger partial charge in [-0.3, -0.25) is 4.79 Å². The van der Waals surface area contributed by atoms with Gasteiger partial charge >= 0.3 is 0 Å². The molecule has 4 heteroatoms. The molecule has 1 saturated heterocycles. The highest BCUT2D eigenvalue weighted by molar-refractivity contribution is 5.80. The maximum absolute atomic E-state index is 13.2. The van der Waals surface area contributed by atoms with Gasteiger partial charge in [-0.2, -0.15) is 0 Å². The average molecular weight is 304 g/mol. The van der Waals surface area contributed by atoms with Crippen LogP contribution in [-0.2, 0) is 10.3 Å². The van der Waals surface area contributed by atoms with E-state index in [1.54, 1.807) is 0 Å². The Balaban J connectivity index is 1.76. The normalized spacial score (nSPS) is 27.5. The summed E-state index contributed by atoms with van der Waals surface area (Å²) in [5.41, 5.74) is 0.751. The number of rotatable bonds is 3. The first-order valence-electron chi connectivity index (χ1n) is 8.40. The highest BCUT2D eigenvalue weighted by Gasteiger charge is 2.38. The number of benzene rings is 1. The molecule has 1 heterocycles. The first-order valence-corrected chi connectivity index (χ1v) is 8.40. The maximum Gasteiger partial charge on any atom is 0.223 e. The van der Waals surface area contributed by atoms with E-state index in [-0.39, 0.29) is 23.2 Å². The monoisotopic (exact) mass is 304 g/mol. The lowest BCUT2D eigenvalue weighted by molar-refractivity contribution is -0.128. The van der Waals surface area contributed by atoms with Gasteiger partial charge in [0.2, 0.25) is 5.91 Å². The van der Waals surface area contributed by atoms with Gasteiger partial charge in [0.1, 0.15) is 5.82 Å². The first-order chi connectivity index (χ1) is 10.6. The van der Waals surface area contributed by atoms with Crippen LogP contribution in [0.25, 0.3) is 0 Å². The minimum absolute atomic E-state index is 0.0918. The van der Waals surface area contributed by atoms with Gasteiger partial charge in [-0.05, 0) is 56.8 Å². The molecular weight excluding hydrogens is 279 g/mol. The van der Waals surface area contributed by atoms with Crippen molar-refractivity contribution in [3.8, 4) is 0 Å². The summed E-state index contributed by atoms with van der Waals surface area (Å²) >= 11 is 0. The number of carbonyl (C=O) groups excluding carboxylic acids is 1. The molecule has 1 aromatic carbocycles. The Morgan fingerprint density at radius 2 is 1.95 bits per heavy atom. The number of amides is 1. The van der Waals surface area contributed by atoms with Crippen molar-refractivity contribution in [2.75, 3.05) is 6.54 Å². The van der Waals surface area contributed by atoms with Gasteiger partial charge in [0.05, 0.1) is 5.54 Å². The van der Waals surface area contributed by atoms with E-state index in [1.165, 1.54) is 12.1 Å². The zero-order valence-corrected chi connectivity index (χ0v) is 13.2. The summed E-state index contributed by atoms with van der Waals surface area (Å²) < 4.78 is 13.2. The van der Waals surface area contributed by atoms with Gasteiger partial charge in [-0.25, -0.2) is 4.39 Å². The quantitative estimate of drug-likeness (QED) is 0.901. The van der Waals surface area contributed by atoms with Crippen LogP contribution in [0.5, 0.6) is 0 Å². The van der Waals surface area contributed by atoms with Crippen LogP contribution in [0.15, 0.2) is 24.3 Å². The van der Waals surface area contributed by atoms with Crippen LogP contribution >= 0.6 is 0 Å². The van der Waals surface area contributed by atoms with E-state index in [1.807, 2.05) is 12.1 Å². The second-order valence-electron chi connectivity index (χ2n) is 6.86. The third-order valence-corrected chi connectivity index (χ3v) is 5.21. The molecule has 1 aliphatic carbocycles. The van der Waals surface area contributed by atoms with Crippen molar-refractivity contribution in [2.24, 2.45) is 5.92 Å². The fraction of sp³-hybridized carbons (Fsp3) is 0.611. The van der Waals surface area contributed by atoms with Crippen molar-refractivity contribution in [3.63, 3.8) is 0 Å². The van der Waals surface area contributed by atoms with Gasteiger partial charge in [0, 0.05) is 12.0 Å². The van der Waals surface area contributed by atoms with E-state index >= 15 is 0 Å². The fourth-order valence-electron chi connectivity index (χ4n) is 3.94. The molecular formula is C18H25FN2O. The van der Waals surface area contributed by atoms with E-state index in [9.17, 15) is 9.18 Å². The SMILES string of the molecule is C[C@H]1C[C@@H](C(=O)NC2(c3ccc(F)cc3)CCCC2)CCN1. The van der Waals surface area contributed by atoms with E-state index in [2.05, 4.69) is 17.6 Å². The molecule has 1 saturated carbocycles. The zero-order valence-electron chi connectivity index (χ0n) is 13.2. The fourth-order valence-corrected chi connectivity index (χ4v) is 3.94. The minimum Gasteiger partial charge on any atom is -0.346 e. The largest absolute Gasteiger partial charge is 0.346 e. The molecule has 1 aromatic rings. The van der Waals surface area contributed by atoms with Crippen LogP contribution in [0.3, 0.4) is 0 Å². The van der Waals surface area contributed by atoms with E-state index < -0.39 is 0 Å². The van der Waals surface area contributed by atoms with Crippen LogP contribution in [0.2, 0.25) is 0 Å². The molecule has 2 fully saturated rings. The molecule has 0 aromatic heterocycles. The summed E-state index contributed by atoms with van der Waals surface area (Å²) in [6.45, 7) is 3.04. The zero-order chi connectivity index (χ0) is 15.6. The first kappa shape index (κ1) is 15.5. The molecule has 0 radical (unpaired) electrons. The highest BCUT2D eigenvalue weighted by Crippen LogP contribution is 2.39. The number of hydrogen-bond acceptors (Lipinski definition) is 2. The number of piperidine rings is 1. The van der Waals surface area contributed by atoms with Crippen LogP contribution < -0.4 is 10.6 Å². The number of halogens is 1. The molecule has 0 spiro atoms. The standard InChI is InChI=1S/C18H25FN2O/c1-13-12-14(8-11-20-13)17(22)21-18(9-2-3-10-18)15-4-6-16(19)7-5-15/h4-7,13-14,20H,2-3,8-12H2,1H3,(H,21,22)/t13-,14-/m0/s1. The Labute approximate surface area is 131 Å². The predicted molar refractivity (Wildman–Crippen MR) is 84.9 cm³/mol. The van der Waals surface area contributed by atoms with Gasteiger partial charge in [-0.1, -0.05) is 25.0 Å². The van der Waals surface area contributed by atoms with E-state index in [4.69, 9.17) is 0 Å². The van der Waals surface area contributed by atoms with Crippen molar-refractivity contribution in [1.82, 2.24) is 10.6 Å². The summed E-state index contributed by atoms with van der Waals surface area (Å²) in [6.07, 6.45) is 5.91. The maximum atomic E-state index is 13.2. The Bertz CT molecular complexity index is 522. The Hall–Kier alpha value is -1.42. The topological polar surface area (TPSA) is 41.1 Å². The molecule has 3 rings (SSSR count). The molecule has 1 aliphatic heterocycles. The lowest BCUT2D eigenvalue weighted by Gasteiger charge is -2.35. The Morgan fingerprint density at radius 3 is 2.59 bits per heavy atom. The summed E-state index contributed by atoms with van der Waals surface area (Å²) in [5.74, 6) is 0.0316. The molecule has 120 valence electrons. The third kappa shape index (κ3) is 3.17. The Morgan fingerprint density at radius 1 is 1.27 bits per heavy atom. The van der Waals surface area contributed by atoms with E-state index in [0.29, 0.717) is 6.04 Å². The van der Waals surface area contributed by atoms with Crippen molar-refractivity contribution in [3.05, 3.63) is 35.6 Å². The van der Waals surface area contributed by atoms with Gasteiger partial charge < -0.3 is 10.6 Å². The van der Waals surface area contributed by atoms with Crippen LogP contribution in [0.1, 0.15) is 51.0 Å². The Kier molecular flexibility index (Phi) is 4.48. The molecule has 2 aliphatic rings. The third-order valence-electron chi connectivity index (χ3n) is 5.21. The van der Waals surface area contributed by atoms with Crippen LogP contribution in [-0.4, -0.2) is 18.5 Å². The minimum atomic E-state index is -0.293. The van der Waals surface area contributed by atoms with Crippen molar-refractivity contribution >= 4 is 5.91 Å². The van der Waals surface area contributed by atoms with Gasteiger partial charge in [-0.15, -0.1) is 0 Å². The van der Waals surface area contributed by atoms with Crippen molar-refractivity contribution in [1.29, 1.82) is 0 Å². The summed E-state index contributed by atoms with van der Waals surface area (Å²) in [6, 6.07) is 7.04. The van der Waals surface area contributed by atoms with Crippen LogP contribution in [0.4, 0.5) is 4.39 Å². The molecule has 0 unspecified atom stereocenters. The second-order valence-corrected chi connectivity index (χ2v) is 6.86. The smallest absolute Gasteiger partial charge is 0.223 e. The summed E-state index contributed by atoms with van der Waals surface area (Å²) in [5, 5.41) is 6.72. The molecule has 0 bridgehead atoms. The van der Waals surface area contributed by atoms with Crippen molar-refractivity contribution in [2.45, 2.75) is 57.0 Å². The van der Waals surface area contributed by atoms with E-state index in [0.717, 1.165) is 50.6 Å². The molecule has 22 heavy (non-hydrogen) atoms. The van der Waals surface area contributed by atoms with Crippen LogP contribution in [0, 0.1) is 11.7 Å². The van der Waals surface area contributed by atoms with Gasteiger partial charge in [0.25, 0.3) is 0 Å². The molecule has 2 atom stereocenters. The summed E-state index contributed by atoms with van der Waals surface area (Å²) in [4.78, 5) is 12.7. The lowest BCUT2D eigenvalue weighted by atomic mass is 9.85. The number of carbonyl (C=O) groups is 1. The average Bonchev–Trinajstić information content (AvgIpc) is 2.97. The van der Waals surface area contributed by atoms with Crippen molar-refractivity contribution < 1.29 is 9.18 Å². The lowest BCUT2D eigenvalue weighted by Crippen LogP contribution is -2.49. The second kappa shape index (κ2) is 6.37. The van der Waals surface area contributed by atoms with Gasteiger partial charge in [0.15, 0.2) is 0 Å². The molecule has 3 nitrogen and oxygen atoms in total.